The van der Waals surface area contributed by atoms with Crippen LogP contribution in [0.5, 0.6) is 0 Å². The lowest BCUT2D eigenvalue weighted by Gasteiger charge is -2.14. The minimum Gasteiger partial charge on any atom is -0.465 e. The molecule has 5 rings (SSSR count). The van der Waals surface area contributed by atoms with Crippen LogP contribution >= 0.6 is 11.3 Å². The zero-order valence-corrected chi connectivity index (χ0v) is 19.5. The Bertz CT molecular complexity index is 1710. The van der Waals surface area contributed by atoms with E-state index in [0.717, 1.165) is 16.3 Å². The van der Waals surface area contributed by atoms with E-state index in [1.807, 2.05) is 0 Å². The van der Waals surface area contributed by atoms with E-state index in [0.29, 0.717) is 21.2 Å². The Morgan fingerprint density at radius 1 is 1.08 bits per heavy atom. The summed E-state index contributed by atoms with van der Waals surface area (Å²) < 4.78 is 24.5. The maximum Gasteiger partial charge on any atom is 0.337 e. The number of amides is 1. The van der Waals surface area contributed by atoms with Crippen LogP contribution in [0.1, 0.15) is 26.3 Å². The molecule has 0 bridgehead atoms. The number of carbonyl (C=O) groups is 2. The standard InChI is InChI=1S/C26H16FN3O5S/c1-34-25(33)16-8-6-15(7-9-16)24(32)30(26-29-20-11-10-18(27)12-22(20)36-26)28-13-17-14-35-21-5-3-2-4-19(21)23(17)31/h2-14H,1H3/b28-13+. The molecule has 36 heavy (non-hydrogen) atoms. The molecule has 2 heterocycles. The second-order valence-corrected chi connectivity index (χ2v) is 8.56. The van der Waals surface area contributed by atoms with Gasteiger partial charge in [0.25, 0.3) is 5.91 Å². The Hall–Kier alpha value is -4.70. The zero-order valence-electron chi connectivity index (χ0n) is 18.7. The monoisotopic (exact) mass is 501 g/mol. The summed E-state index contributed by atoms with van der Waals surface area (Å²) in [7, 11) is 1.26. The molecule has 0 N–H and O–H groups in total. The van der Waals surface area contributed by atoms with Gasteiger partial charge < -0.3 is 9.15 Å². The van der Waals surface area contributed by atoms with E-state index in [2.05, 4.69) is 10.1 Å². The Labute approximate surface area is 206 Å². The summed E-state index contributed by atoms with van der Waals surface area (Å²) in [5.41, 5.74) is 1.19. The van der Waals surface area contributed by atoms with Gasteiger partial charge >= 0.3 is 5.97 Å². The molecule has 0 spiro atoms. The second-order valence-electron chi connectivity index (χ2n) is 7.56. The van der Waals surface area contributed by atoms with Crippen molar-refractivity contribution in [3.8, 4) is 0 Å². The lowest BCUT2D eigenvalue weighted by Crippen LogP contribution is -2.26. The molecule has 0 aliphatic carbocycles. The number of thiazole rings is 1. The zero-order chi connectivity index (χ0) is 25.2. The van der Waals surface area contributed by atoms with Crippen molar-refractivity contribution in [2.75, 3.05) is 12.1 Å². The summed E-state index contributed by atoms with van der Waals surface area (Å²) in [5, 5.41) is 5.81. The van der Waals surface area contributed by atoms with Gasteiger partial charge in [-0.3, -0.25) is 9.59 Å². The Morgan fingerprint density at radius 2 is 1.83 bits per heavy atom. The summed E-state index contributed by atoms with van der Waals surface area (Å²) in [6.45, 7) is 0. The molecule has 2 aromatic heterocycles. The molecule has 0 saturated heterocycles. The van der Waals surface area contributed by atoms with E-state index < -0.39 is 17.7 Å². The van der Waals surface area contributed by atoms with Crippen molar-refractivity contribution in [1.82, 2.24) is 4.98 Å². The lowest BCUT2D eigenvalue weighted by atomic mass is 10.1. The summed E-state index contributed by atoms with van der Waals surface area (Å²) in [4.78, 5) is 42.5. The summed E-state index contributed by atoms with van der Waals surface area (Å²) in [6.07, 6.45) is 2.47. The maximum atomic E-state index is 13.7. The number of nitrogens with zero attached hydrogens (tertiary/aromatic N) is 3. The van der Waals surface area contributed by atoms with E-state index in [1.54, 1.807) is 24.3 Å². The fraction of sp³-hybridized carbons (Fsp3) is 0.0385. The van der Waals surface area contributed by atoms with Gasteiger partial charge in [0.05, 0.1) is 40.1 Å². The first-order chi connectivity index (χ1) is 17.4. The van der Waals surface area contributed by atoms with Crippen LogP contribution in [0.25, 0.3) is 21.2 Å². The number of esters is 1. The van der Waals surface area contributed by atoms with Gasteiger partial charge in [-0.25, -0.2) is 14.2 Å². The topological polar surface area (TPSA) is 102 Å². The van der Waals surface area contributed by atoms with Crippen LogP contribution in [-0.2, 0) is 4.74 Å². The van der Waals surface area contributed by atoms with Crippen molar-refractivity contribution in [3.05, 3.63) is 106 Å². The first-order valence-electron chi connectivity index (χ1n) is 10.6. The van der Waals surface area contributed by atoms with Crippen LogP contribution in [0.15, 0.2) is 87.3 Å². The van der Waals surface area contributed by atoms with Gasteiger partial charge in [-0.05, 0) is 54.6 Å². The number of carbonyl (C=O) groups excluding carboxylic acids is 2. The molecule has 0 radical (unpaired) electrons. The van der Waals surface area contributed by atoms with Crippen LogP contribution in [0.3, 0.4) is 0 Å². The highest BCUT2D eigenvalue weighted by atomic mass is 32.1. The van der Waals surface area contributed by atoms with Crippen LogP contribution in [0, 0.1) is 5.82 Å². The third-order valence-corrected chi connectivity index (χ3v) is 6.28. The van der Waals surface area contributed by atoms with Crippen molar-refractivity contribution in [3.63, 3.8) is 0 Å². The van der Waals surface area contributed by atoms with E-state index in [-0.39, 0.29) is 27.3 Å². The molecule has 8 nitrogen and oxygen atoms in total. The van der Waals surface area contributed by atoms with Crippen molar-refractivity contribution in [2.45, 2.75) is 0 Å². The number of para-hydroxylation sites is 1. The molecule has 0 aliphatic rings. The molecule has 178 valence electrons. The highest BCUT2D eigenvalue weighted by molar-refractivity contribution is 7.22. The molecule has 0 unspecified atom stereocenters. The largest absolute Gasteiger partial charge is 0.465 e. The third-order valence-electron chi connectivity index (χ3n) is 5.28. The summed E-state index contributed by atoms with van der Waals surface area (Å²) in [6, 6.07) is 16.7. The van der Waals surface area contributed by atoms with Crippen LogP contribution in [-0.4, -0.2) is 30.2 Å². The molecular formula is C26H16FN3O5S. The molecule has 0 saturated carbocycles. The molecule has 10 heteroatoms. The fourth-order valence-electron chi connectivity index (χ4n) is 3.46. The van der Waals surface area contributed by atoms with Crippen molar-refractivity contribution in [2.24, 2.45) is 5.10 Å². The molecule has 0 aliphatic heterocycles. The highest BCUT2D eigenvalue weighted by Gasteiger charge is 2.22. The number of hydrogen-bond acceptors (Lipinski definition) is 8. The molecule has 3 aromatic carbocycles. The Kier molecular flexibility index (Phi) is 6.09. The minimum atomic E-state index is -0.577. The number of aromatic nitrogens is 1. The van der Waals surface area contributed by atoms with Gasteiger partial charge in [0, 0.05) is 5.56 Å². The van der Waals surface area contributed by atoms with Gasteiger partial charge in [0.2, 0.25) is 10.6 Å². The normalized spacial score (nSPS) is 11.3. The molecule has 5 aromatic rings. The highest BCUT2D eigenvalue weighted by Crippen LogP contribution is 2.30. The van der Waals surface area contributed by atoms with Crippen molar-refractivity contribution < 1.29 is 23.1 Å². The Morgan fingerprint density at radius 3 is 2.61 bits per heavy atom. The minimum absolute atomic E-state index is 0.125. The van der Waals surface area contributed by atoms with Crippen molar-refractivity contribution >= 4 is 55.7 Å². The number of hydrogen-bond donors (Lipinski definition) is 0. The second kappa shape index (κ2) is 9.51. The number of hydrazone groups is 1. The van der Waals surface area contributed by atoms with E-state index in [4.69, 9.17) is 9.15 Å². The summed E-state index contributed by atoms with van der Waals surface area (Å²) >= 11 is 1.06. The van der Waals surface area contributed by atoms with Crippen LogP contribution in [0.2, 0.25) is 0 Å². The van der Waals surface area contributed by atoms with E-state index in [1.165, 1.54) is 62.1 Å². The quantitative estimate of drug-likeness (QED) is 0.191. The van der Waals surface area contributed by atoms with E-state index >= 15 is 0 Å². The van der Waals surface area contributed by atoms with Gasteiger partial charge in [-0.1, -0.05) is 23.5 Å². The number of methoxy groups -OCH3 is 1. The predicted molar refractivity (Wildman–Crippen MR) is 134 cm³/mol. The average molecular weight is 501 g/mol. The first-order valence-corrected chi connectivity index (χ1v) is 11.4. The van der Waals surface area contributed by atoms with Gasteiger partial charge in [0.15, 0.2) is 0 Å². The first kappa shape index (κ1) is 23.1. The number of benzene rings is 3. The molecule has 0 fully saturated rings. The fourth-order valence-corrected chi connectivity index (χ4v) is 4.40. The van der Waals surface area contributed by atoms with Crippen LogP contribution < -0.4 is 10.4 Å². The van der Waals surface area contributed by atoms with Gasteiger partial charge in [0.1, 0.15) is 17.7 Å². The van der Waals surface area contributed by atoms with Crippen LogP contribution in [0.4, 0.5) is 9.52 Å². The van der Waals surface area contributed by atoms with Crippen molar-refractivity contribution in [1.29, 1.82) is 0 Å². The number of anilines is 1. The third kappa shape index (κ3) is 4.37. The molecular weight excluding hydrogens is 485 g/mol. The smallest absolute Gasteiger partial charge is 0.337 e. The molecule has 0 atom stereocenters. The van der Waals surface area contributed by atoms with Gasteiger partial charge in [-0.2, -0.15) is 10.1 Å². The van der Waals surface area contributed by atoms with E-state index in [9.17, 15) is 18.8 Å². The summed E-state index contributed by atoms with van der Waals surface area (Å²) in [5.74, 6) is -1.56. The number of ether oxygens (including phenoxy) is 1. The number of rotatable bonds is 5. The average Bonchev–Trinajstić information content (AvgIpc) is 3.32. The number of halogens is 1. The lowest BCUT2D eigenvalue weighted by molar-refractivity contribution is 0.0600. The Balaban J connectivity index is 1.57. The molecule has 1 amide bonds. The maximum absolute atomic E-state index is 13.7. The predicted octanol–water partition coefficient (Wildman–Crippen LogP) is 5.01. The number of fused-ring (bicyclic) bond motifs is 2. The SMILES string of the molecule is COC(=O)c1ccc(C(=O)N(/N=C/c2coc3ccccc3c2=O)c2nc3ccc(F)cc3s2)cc1. The van der Waals surface area contributed by atoms with Gasteiger partial charge in [-0.15, -0.1) is 0 Å².